The average Bonchev–Trinajstić information content (AvgIpc) is 2.37. The van der Waals surface area contributed by atoms with Gasteiger partial charge in [-0.05, 0) is 18.6 Å². The Balaban J connectivity index is 2.11. The van der Waals surface area contributed by atoms with Gasteiger partial charge in [0.2, 0.25) is 0 Å². The van der Waals surface area contributed by atoms with Crippen LogP contribution in [-0.2, 0) is 5.75 Å². The largest absolute Gasteiger partial charge is 0.478 e. The van der Waals surface area contributed by atoms with Gasteiger partial charge in [-0.1, -0.05) is 41.6 Å². The molecule has 0 unspecified atom stereocenters. The van der Waals surface area contributed by atoms with Gasteiger partial charge in [-0.25, -0.2) is 14.8 Å². The van der Waals surface area contributed by atoms with Crippen molar-refractivity contribution in [2.45, 2.75) is 17.8 Å². The van der Waals surface area contributed by atoms with E-state index in [1.165, 1.54) is 18.0 Å². The van der Waals surface area contributed by atoms with Crippen LogP contribution in [0.2, 0.25) is 5.02 Å². The highest BCUT2D eigenvalue weighted by Crippen LogP contribution is 2.24. The zero-order valence-corrected chi connectivity index (χ0v) is 11.7. The first-order chi connectivity index (χ1) is 9.08. The fraction of sp³-hybridized carbons (Fsp3) is 0.154. The van der Waals surface area contributed by atoms with Gasteiger partial charge < -0.3 is 5.11 Å². The summed E-state index contributed by atoms with van der Waals surface area (Å²) in [6, 6.07) is 7.56. The van der Waals surface area contributed by atoms with Gasteiger partial charge in [0.1, 0.15) is 0 Å². The first kappa shape index (κ1) is 13.8. The van der Waals surface area contributed by atoms with Crippen LogP contribution >= 0.6 is 23.4 Å². The van der Waals surface area contributed by atoms with Crippen LogP contribution in [0.5, 0.6) is 0 Å². The Kier molecular flexibility index (Phi) is 4.39. The second-order valence-electron chi connectivity index (χ2n) is 3.84. The number of carboxylic acid groups (broad SMARTS) is 1. The van der Waals surface area contributed by atoms with E-state index in [0.717, 1.165) is 5.56 Å². The zero-order valence-electron chi connectivity index (χ0n) is 10.1. The molecule has 0 amide bonds. The minimum absolute atomic E-state index is 0.127. The predicted molar refractivity (Wildman–Crippen MR) is 74.7 cm³/mol. The first-order valence-electron chi connectivity index (χ1n) is 5.51. The molecule has 1 aromatic heterocycles. The van der Waals surface area contributed by atoms with Crippen molar-refractivity contribution in [3.05, 3.63) is 52.3 Å². The monoisotopic (exact) mass is 294 g/mol. The molecule has 98 valence electrons. The second kappa shape index (κ2) is 6.04. The van der Waals surface area contributed by atoms with E-state index < -0.39 is 5.97 Å². The molecule has 0 saturated carbocycles. The summed E-state index contributed by atoms with van der Waals surface area (Å²) in [5.41, 5.74) is 1.59. The normalized spacial score (nSPS) is 10.4. The number of nitrogens with zero attached hydrogens (tertiary/aromatic N) is 2. The average molecular weight is 295 g/mol. The molecule has 1 aromatic carbocycles. The molecule has 0 fully saturated rings. The smallest absolute Gasteiger partial charge is 0.339 e. The minimum atomic E-state index is -1.01. The number of thioether (sulfide) groups is 1. The Morgan fingerprint density at radius 1 is 1.42 bits per heavy atom. The fourth-order valence-electron chi connectivity index (χ4n) is 1.48. The summed E-state index contributed by atoms with van der Waals surface area (Å²) in [5, 5.41) is 10.1. The van der Waals surface area contributed by atoms with Crippen LogP contribution in [0.25, 0.3) is 0 Å². The van der Waals surface area contributed by atoms with Gasteiger partial charge in [-0.2, -0.15) is 0 Å². The molecule has 6 heteroatoms. The van der Waals surface area contributed by atoms with E-state index in [0.29, 0.717) is 21.6 Å². The van der Waals surface area contributed by atoms with Crippen LogP contribution in [0.4, 0.5) is 0 Å². The number of carboxylic acids is 1. The van der Waals surface area contributed by atoms with Crippen LogP contribution in [0.3, 0.4) is 0 Å². The van der Waals surface area contributed by atoms with E-state index >= 15 is 0 Å². The Morgan fingerprint density at radius 3 is 2.79 bits per heavy atom. The summed E-state index contributed by atoms with van der Waals surface area (Å²) in [5.74, 6) is -0.369. The SMILES string of the molecule is Cc1nc(SCc2ccccc2Cl)ncc1C(=O)O. The van der Waals surface area contributed by atoms with E-state index in [1.807, 2.05) is 24.3 Å². The molecule has 2 rings (SSSR count). The molecule has 0 aliphatic carbocycles. The molecule has 0 radical (unpaired) electrons. The number of benzene rings is 1. The number of aromatic carboxylic acids is 1. The minimum Gasteiger partial charge on any atom is -0.478 e. The van der Waals surface area contributed by atoms with Crippen molar-refractivity contribution in [3.63, 3.8) is 0 Å². The summed E-state index contributed by atoms with van der Waals surface area (Å²) in [7, 11) is 0. The fourth-order valence-corrected chi connectivity index (χ4v) is 2.63. The van der Waals surface area contributed by atoms with Gasteiger partial charge in [0, 0.05) is 17.0 Å². The first-order valence-corrected chi connectivity index (χ1v) is 6.87. The van der Waals surface area contributed by atoms with E-state index in [-0.39, 0.29) is 5.56 Å². The predicted octanol–water partition coefficient (Wildman–Crippen LogP) is 3.43. The molecule has 0 saturated heterocycles. The van der Waals surface area contributed by atoms with Gasteiger partial charge in [-0.3, -0.25) is 0 Å². The van der Waals surface area contributed by atoms with E-state index in [9.17, 15) is 4.79 Å². The summed E-state index contributed by atoms with van der Waals surface area (Å²) < 4.78 is 0. The molecule has 1 N–H and O–H groups in total. The highest BCUT2D eigenvalue weighted by molar-refractivity contribution is 7.98. The highest BCUT2D eigenvalue weighted by atomic mass is 35.5. The van der Waals surface area contributed by atoms with Crippen molar-refractivity contribution in [1.29, 1.82) is 0 Å². The molecule has 19 heavy (non-hydrogen) atoms. The van der Waals surface area contributed by atoms with Crippen LogP contribution in [0.15, 0.2) is 35.6 Å². The van der Waals surface area contributed by atoms with Crippen LogP contribution < -0.4 is 0 Å². The lowest BCUT2D eigenvalue weighted by Gasteiger charge is -2.05. The third kappa shape index (κ3) is 3.45. The van der Waals surface area contributed by atoms with Crippen LogP contribution in [-0.4, -0.2) is 21.0 Å². The van der Waals surface area contributed by atoms with Crippen molar-refractivity contribution >= 4 is 29.3 Å². The Morgan fingerprint density at radius 2 is 2.16 bits per heavy atom. The van der Waals surface area contributed by atoms with Gasteiger partial charge in [0.25, 0.3) is 0 Å². The number of rotatable bonds is 4. The number of aryl methyl sites for hydroxylation is 1. The van der Waals surface area contributed by atoms with E-state index in [4.69, 9.17) is 16.7 Å². The van der Waals surface area contributed by atoms with Crippen LogP contribution in [0, 0.1) is 6.92 Å². The van der Waals surface area contributed by atoms with Gasteiger partial charge in [0.05, 0.1) is 11.3 Å². The zero-order chi connectivity index (χ0) is 13.8. The van der Waals surface area contributed by atoms with Crippen molar-refractivity contribution in [2.24, 2.45) is 0 Å². The number of hydrogen-bond donors (Lipinski definition) is 1. The topological polar surface area (TPSA) is 63.1 Å². The Labute approximate surface area is 119 Å². The highest BCUT2D eigenvalue weighted by Gasteiger charge is 2.10. The summed E-state index contributed by atoms with van der Waals surface area (Å²) >= 11 is 7.48. The summed E-state index contributed by atoms with van der Waals surface area (Å²) in [6.45, 7) is 1.66. The molecule has 0 atom stereocenters. The standard InChI is InChI=1S/C13H11ClN2O2S/c1-8-10(12(17)18)6-15-13(16-8)19-7-9-4-2-3-5-11(9)14/h2-6H,7H2,1H3,(H,17,18). The second-order valence-corrected chi connectivity index (χ2v) is 5.19. The molecule has 2 aromatic rings. The third-order valence-corrected chi connectivity index (χ3v) is 3.78. The molecule has 0 bridgehead atoms. The third-order valence-electron chi connectivity index (χ3n) is 2.50. The van der Waals surface area contributed by atoms with Gasteiger partial charge in [0.15, 0.2) is 5.16 Å². The lowest BCUT2D eigenvalue weighted by atomic mass is 10.2. The molecule has 0 aliphatic rings. The number of halogens is 1. The van der Waals surface area contributed by atoms with Crippen molar-refractivity contribution in [1.82, 2.24) is 9.97 Å². The number of hydrogen-bond acceptors (Lipinski definition) is 4. The Hall–Kier alpha value is -1.59. The van der Waals surface area contributed by atoms with Crippen molar-refractivity contribution < 1.29 is 9.90 Å². The maximum Gasteiger partial charge on any atom is 0.339 e. The van der Waals surface area contributed by atoms with E-state index in [2.05, 4.69) is 9.97 Å². The molecular formula is C13H11ClN2O2S. The van der Waals surface area contributed by atoms with E-state index in [1.54, 1.807) is 6.92 Å². The lowest BCUT2D eigenvalue weighted by molar-refractivity contribution is 0.0695. The lowest BCUT2D eigenvalue weighted by Crippen LogP contribution is -2.03. The quantitative estimate of drug-likeness (QED) is 0.691. The summed E-state index contributed by atoms with van der Waals surface area (Å²) in [6.07, 6.45) is 1.33. The maximum absolute atomic E-state index is 10.9. The molecule has 0 spiro atoms. The summed E-state index contributed by atoms with van der Waals surface area (Å²) in [4.78, 5) is 19.1. The number of aromatic nitrogens is 2. The molecule has 0 aliphatic heterocycles. The van der Waals surface area contributed by atoms with Gasteiger partial charge >= 0.3 is 5.97 Å². The van der Waals surface area contributed by atoms with Crippen molar-refractivity contribution in [2.75, 3.05) is 0 Å². The molecular weight excluding hydrogens is 284 g/mol. The van der Waals surface area contributed by atoms with Gasteiger partial charge in [-0.15, -0.1) is 0 Å². The van der Waals surface area contributed by atoms with Crippen molar-refractivity contribution in [3.8, 4) is 0 Å². The molecule has 4 nitrogen and oxygen atoms in total. The Bertz CT molecular complexity index is 619. The van der Waals surface area contributed by atoms with Crippen LogP contribution in [0.1, 0.15) is 21.6 Å². The molecule has 1 heterocycles. The number of carbonyl (C=O) groups is 1. The maximum atomic E-state index is 10.9.